The molecule has 2 N–H and O–H groups in total. The van der Waals surface area contributed by atoms with Gasteiger partial charge in [0, 0.05) is 22.9 Å². The lowest BCUT2D eigenvalue weighted by Gasteiger charge is -2.13. The summed E-state index contributed by atoms with van der Waals surface area (Å²) in [5, 5.41) is 0. The van der Waals surface area contributed by atoms with Crippen LogP contribution in [0.25, 0.3) is 0 Å². The third kappa shape index (κ3) is 4.40. The monoisotopic (exact) mass is 322 g/mol. The first-order chi connectivity index (χ1) is 9.15. The summed E-state index contributed by atoms with van der Waals surface area (Å²) in [4.78, 5) is 3.98. The highest BCUT2D eigenvalue weighted by molar-refractivity contribution is 9.10. The largest absolute Gasteiger partial charge is 0.327 e. The summed E-state index contributed by atoms with van der Waals surface area (Å²) in [6.45, 7) is 0. The van der Waals surface area contributed by atoms with Crippen molar-refractivity contribution in [3.8, 4) is 0 Å². The molecule has 2 nitrogen and oxygen atoms in total. The lowest BCUT2D eigenvalue weighted by molar-refractivity contribution is 0.597. The molecule has 2 aromatic rings. The van der Waals surface area contributed by atoms with E-state index in [1.807, 2.05) is 12.1 Å². The second kappa shape index (κ2) is 6.78. The Labute approximate surface area is 121 Å². The van der Waals surface area contributed by atoms with Gasteiger partial charge in [0.05, 0.1) is 0 Å². The number of pyridine rings is 1. The molecule has 0 bridgehead atoms. The molecule has 0 saturated heterocycles. The molecule has 0 aliphatic carbocycles. The van der Waals surface area contributed by atoms with Crippen LogP contribution in [-0.2, 0) is 12.8 Å². The van der Waals surface area contributed by atoms with Gasteiger partial charge in [-0.1, -0.05) is 15.9 Å². The molecule has 2 rings (SSSR count). The molecular formula is C15H16BrFN2. The second-order valence-electron chi connectivity index (χ2n) is 4.59. The first-order valence-electron chi connectivity index (χ1n) is 6.23. The molecule has 0 radical (unpaired) electrons. The molecule has 0 aliphatic rings. The Morgan fingerprint density at radius 1 is 1.21 bits per heavy atom. The fourth-order valence-electron chi connectivity index (χ4n) is 1.99. The molecule has 1 atom stereocenters. The van der Waals surface area contributed by atoms with Crippen molar-refractivity contribution in [1.82, 2.24) is 4.98 Å². The van der Waals surface area contributed by atoms with Gasteiger partial charge in [-0.3, -0.25) is 4.98 Å². The fraction of sp³-hybridized carbons (Fsp3) is 0.267. The Morgan fingerprint density at radius 3 is 2.68 bits per heavy atom. The number of nitrogens with zero attached hydrogens (tertiary/aromatic N) is 1. The Hall–Kier alpha value is -1.26. The van der Waals surface area contributed by atoms with Crippen molar-refractivity contribution in [3.63, 3.8) is 0 Å². The summed E-state index contributed by atoms with van der Waals surface area (Å²) >= 11 is 3.42. The van der Waals surface area contributed by atoms with Crippen LogP contribution in [0, 0.1) is 5.82 Å². The van der Waals surface area contributed by atoms with Crippen molar-refractivity contribution in [2.75, 3.05) is 0 Å². The minimum atomic E-state index is -0.223. The smallest absolute Gasteiger partial charge is 0.123 e. The zero-order valence-corrected chi connectivity index (χ0v) is 12.1. The van der Waals surface area contributed by atoms with Gasteiger partial charge in [-0.2, -0.15) is 0 Å². The van der Waals surface area contributed by atoms with Crippen LogP contribution in [0.4, 0.5) is 4.39 Å². The molecule has 0 fully saturated rings. The van der Waals surface area contributed by atoms with Crippen molar-refractivity contribution in [2.24, 2.45) is 5.73 Å². The van der Waals surface area contributed by atoms with E-state index in [1.165, 1.54) is 17.7 Å². The lowest BCUT2D eigenvalue weighted by Crippen LogP contribution is -2.23. The van der Waals surface area contributed by atoms with Crippen LogP contribution >= 0.6 is 15.9 Å². The van der Waals surface area contributed by atoms with E-state index >= 15 is 0 Å². The molecule has 0 aliphatic heterocycles. The van der Waals surface area contributed by atoms with E-state index in [4.69, 9.17) is 5.73 Å². The summed E-state index contributed by atoms with van der Waals surface area (Å²) in [6, 6.07) is 8.70. The second-order valence-corrected chi connectivity index (χ2v) is 5.45. The van der Waals surface area contributed by atoms with Gasteiger partial charge in [-0.15, -0.1) is 0 Å². The van der Waals surface area contributed by atoms with Crippen LogP contribution < -0.4 is 5.73 Å². The molecule has 100 valence electrons. The Morgan fingerprint density at radius 2 is 1.95 bits per heavy atom. The number of nitrogens with two attached hydrogens (primary N) is 1. The topological polar surface area (TPSA) is 38.9 Å². The lowest BCUT2D eigenvalue weighted by atomic mass is 10.0. The van der Waals surface area contributed by atoms with Gasteiger partial charge in [-0.25, -0.2) is 4.39 Å². The van der Waals surface area contributed by atoms with Gasteiger partial charge in [-0.05, 0) is 60.7 Å². The van der Waals surface area contributed by atoms with E-state index in [2.05, 4.69) is 20.9 Å². The van der Waals surface area contributed by atoms with Gasteiger partial charge in [0.2, 0.25) is 0 Å². The summed E-state index contributed by atoms with van der Waals surface area (Å²) < 4.78 is 14.1. The molecule has 4 heteroatoms. The van der Waals surface area contributed by atoms with E-state index < -0.39 is 0 Å². The van der Waals surface area contributed by atoms with Crippen molar-refractivity contribution < 1.29 is 4.39 Å². The number of hydrogen-bond donors (Lipinski definition) is 1. The van der Waals surface area contributed by atoms with Crippen LogP contribution in [-0.4, -0.2) is 11.0 Å². The number of aromatic nitrogens is 1. The zero-order valence-electron chi connectivity index (χ0n) is 10.5. The molecule has 19 heavy (non-hydrogen) atoms. The predicted molar refractivity (Wildman–Crippen MR) is 78.3 cm³/mol. The quantitative estimate of drug-likeness (QED) is 0.915. The van der Waals surface area contributed by atoms with Crippen LogP contribution in [0.2, 0.25) is 0 Å². The molecule has 1 aromatic heterocycles. The summed E-state index contributed by atoms with van der Waals surface area (Å²) in [6.07, 6.45) is 6.01. The van der Waals surface area contributed by atoms with Gasteiger partial charge >= 0.3 is 0 Å². The zero-order chi connectivity index (χ0) is 13.7. The van der Waals surface area contributed by atoms with Crippen LogP contribution in [0.15, 0.2) is 47.2 Å². The first kappa shape index (κ1) is 14.2. The Kier molecular flexibility index (Phi) is 5.05. The van der Waals surface area contributed by atoms with Crippen molar-refractivity contribution in [1.29, 1.82) is 0 Å². The van der Waals surface area contributed by atoms with Crippen molar-refractivity contribution in [2.45, 2.75) is 25.3 Å². The summed E-state index contributed by atoms with van der Waals surface area (Å²) in [5.41, 5.74) is 8.26. The number of rotatable bonds is 5. The van der Waals surface area contributed by atoms with Crippen molar-refractivity contribution in [3.05, 3.63) is 64.1 Å². The minimum absolute atomic E-state index is 0.0197. The first-order valence-corrected chi connectivity index (χ1v) is 7.03. The third-order valence-electron chi connectivity index (χ3n) is 3.04. The van der Waals surface area contributed by atoms with E-state index in [9.17, 15) is 4.39 Å². The van der Waals surface area contributed by atoms with Gasteiger partial charge in [0.15, 0.2) is 0 Å². The SMILES string of the molecule is NC(CCc1ccncc1)Cc1cc(F)ccc1Br. The van der Waals surface area contributed by atoms with E-state index in [0.29, 0.717) is 6.42 Å². The van der Waals surface area contributed by atoms with Gasteiger partial charge < -0.3 is 5.73 Å². The average molecular weight is 323 g/mol. The molecule has 1 unspecified atom stereocenters. The van der Waals surface area contributed by atoms with Crippen LogP contribution in [0.5, 0.6) is 0 Å². The van der Waals surface area contributed by atoms with Crippen molar-refractivity contribution >= 4 is 15.9 Å². The predicted octanol–water partition coefficient (Wildman–Crippen LogP) is 3.49. The van der Waals surface area contributed by atoms with E-state index in [0.717, 1.165) is 22.9 Å². The Bertz CT molecular complexity index is 531. The maximum absolute atomic E-state index is 13.2. The van der Waals surface area contributed by atoms with Gasteiger partial charge in [0.25, 0.3) is 0 Å². The van der Waals surface area contributed by atoms with E-state index in [-0.39, 0.29) is 11.9 Å². The summed E-state index contributed by atoms with van der Waals surface area (Å²) in [7, 11) is 0. The number of halogens is 2. The highest BCUT2D eigenvalue weighted by Crippen LogP contribution is 2.20. The van der Waals surface area contributed by atoms with Gasteiger partial charge in [0.1, 0.15) is 5.82 Å². The minimum Gasteiger partial charge on any atom is -0.327 e. The normalized spacial score (nSPS) is 12.4. The molecule has 1 aromatic carbocycles. The fourth-order valence-corrected chi connectivity index (χ4v) is 2.39. The molecule has 0 spiro atoms. The molecule has 0 saturated carbocycles. The molecular weight excluding hydrogens is 307 g/mol. The maximum Gasteiger partial charge on any atom is 0.123 e. The number of hydrogen-bond acceptors (Lipinski definition) is 2. The third-order valence-corrected chi connectivity index (χ3v) is 3.82. The highest BCUT2D eigenvalue weighted by atomic mass is 79.9. The van der Waals surface area contributed by atoms with Crippen LogP contribution in [0.3, 0.4) is 0 Å². The maximum atomic E-state index is 13.2. The van der Waals surface area contributed by atoms with E-state index in [1.54, 1.807) is 18.5 Å². The van der Waals surface area contributed by atoms with Crippen LogP contribution in [0.1, 0.15) is 17.5 Å². The highest BCUT2D eigenvalue weighted by Gasteiger charge is 2.08. The average Bonchev–Trinajstić information content (AvgIpc) is 2.42. The standard InChI is InChI=1S/C15H16BrFN2/c16-15-4-2-13(17)9-12(15)10-14(18)3-1-11-5-7-19-8-6-11/h2,4-9,14H,1,3,10,18H2. The Balaban J connectivity index is 1.90. The molecule has 0 amide bonds. The summed E-state index contributed by atoms with van der Waals surface area (Å²) in [5.74, 6) is -0.223. The molecule has 1 heterocycles. The number of aryl methyl sites for hydroxylation is 1. The number of benzene rings is 1.